The van der Waals surface area contributed by atoms with Crippen LogP contribution in [0.25, 0.3) is 6.08 Å². The summed E-state index contributed by atoms with van der Waals surface area (Å²) >= 11 is 3.92. The van der Waals surface area contributed by atoms with Crippen molar-refractivity contribution in [2.24, 2.45) is 0 Å². The van der Waals surface area contributed by atoms with Crippen LogP contribution in [-0.4, -0.2) is 5.75 Å². The summed E-state index contributed by atoms with van der Waals surface area (Å²) in [6.45, 7) is 0. The molecule has 0 bridgehead atoms. The highest BCUT2D eigenvalue weighted by atomic mass is 32.1. The molecule has 0 atom stereocenters. The van der Waals surface area contributed by atoms with E-state index in [0.717, 1.165) is 12.1 Å². The summed E-state index contributed by atoms with van der Waals surface area (Å²) in [5.74, 6) is 0.510. The molecule has 0 saturated carbocycles. The van der Waals surface area contributed by atoms with Crippen LogP contribution in [0.15, 0.2) is 30.3 Å². The van der Waals surface area contributed by atoms with Crippen molar-refractivity contribution in [1.82, 2.24) is 0 Å². The van der Waals surface area contributed by atoms with Gasteiger partial charge in [-0.25, -0.2) is 0 Å². The topological polar surface area (TPSA) is 0 Å². The van der Waals surface area contributed by atoms with Gasteiger partial charge in [0.25, 0.3) is 0 Å². The summed E-state index contributed by atoms with van der Waals surface area (Å²) in [6.07, 6.45) is -0.967. The second kappa shape index (κ2) is 4.55. The molecule has 0 radical (unpaired) electrons. The van der Waals surface area contributed by atoms with Crippen molar-refractivity contribution in [3.8, 4) is 0 Å². The van der Waals surface area contributed by atoms with Gasteiger partial charge in [0.1, 0.15) is 0 Å². The van der Waals surface area contributed by atoms with Gasteiger partial charge in [-0.2, -0.15) is 25.8 Å². The van der Waals surface area contributed by atoms with Crippen molar-refractivity contribution >= 4 is 18.7 Å². The highest BCUT2D eigenvalue weighted by Gasteiger charge is 2.30. The number of thiol groups is 1. The normalized spacial score (nSPS) is 12.3. The van der Waals surface area contributed by atoms with Gasteiger partial charge in [0.05, 0.1) is 5.56 Å². The molecule has 0 heterocycles. The third kappa shape index (κ3) is 3.10. The average Bonchev–Trinajstić information content (AvgIpc) is 2.14. The maximum atomic E-state index is 12.3. The molecule has 4 heteroatoms. The SMILES string of the molecule is FC(F)(F)c1cccc(/C=C/CS)c1. The molecule has 14 heavy (non-hydrogen) atoms. The van der Waals surface area contributed by atoms with Crippen molar-refractivity contribution in [2.75, 3.05) is 5.75 Å². The van der Waals surface area contributed by atoms with Crippen LogP contribution in [-0.2, 0) is 6.18 Å². The number of halogens is 3. The van der Waals surface area contributed by atoms with Crippen molar-refractivity contribution in [3.05, 3.63) is 41.5 Å². The fourth-order valence-corrected chi connectivity index (χ4v) is 1.11. The van der Waals surface area contributed by atoms with Crippen molar-refractivity contribution in [2.45, 2.75) is 6.18 Å². The first-order valence-electron chi connectivity index (χ1n) is 3.98. The zero-order chi connectivity index (χ0) is 10.6. The van der Waals surface area contributed by atoms with E-state index in [1.807, 2.05) is 0 Å². The maximum absolute atomic E-state index is 12.3. The molecular weight excluding hydrogens is 209 g/mol. The quantitative estimate of drug-likeness (QED) is 0.720. The molecule has 0 unspecified atom stereocenters. The maximum Gasteiger partial charge on any atom is 0.416 e. The van der Waals surface area contributed by atoms with E-state index >= 15 is 0 Å². The molecule has 1 aromatic carbocycles. The highest BCUT2D eigenvalue weighted by Crippen LogP contribution is 2.29. The Kier molecular flexibility index (Phi) is 3.63. The smallest absolute Gasteiger partial charge is 0.175 e. The molecule has 0 aliphatic rings. The fraction of sp³-hybridized carbons (Fsp3) is 0.200. The molecule has 1 rings (SSSR count). The van der Waals surface area contributed by atoms with E-state index in [1.54, 1.807) is 18.2 Å². The second-order valence-corrected chi connectivity index (χ2v) is 3.07. The molecular formula is C10H9F3S. The van der Waals surface area contributed by atoms with E-state index in [9.17, 15) is 13.2 Å². The Morgan fingerprint density at radius 2 is 2.00 bits per heavy atom. The van der Waals surface area contributed by atoms with Crippen molar-refractivity contribution in [1.29, 1.82) is 0 Å². The highest BCUT2D eigenvalue weighted by molar-refractivity contribution is 7.80. The van der Waals surface area contributed by atoms with E-state index in [1.165, 1.54) is 6.07 Å². The molecule has 0 saturated heterocycles. The molecule has 0 amide bonds. The van der Waals surface area contributed by atoms with Crippen LogP contribution in [0, 0.1) is 0 Å². The minimum absolute atomic E-state index is 0.510. The average molecular weight is 218 g/mol. The number of hydrogen-bond donors (Lipinski definition) is 1. The molecule has 0 nitrogen and oxygen atoms in total. The van der Waals surface area contributed by atoms with Crippen LogP contribution in [0.1, 0.15) is 11.1 Å². The first-order chi connectivity index (χ1) is 6.54. The third-order valence-corrected chi connectivity index (χ3v) is 1.84. The van der Waals surface area contributed by atoms with E-state index in [2.05, 4.69) is 12.6 Å². The summed E-state index contributed by atoms with van der Waals surface area (Å²) in [5, 5.41) is 0. The monoisotopic (exact) mass is 218 g/mol. The lowest BCUT2D eigenvalue weighted by Gasteiger charge is -2.06. The standard InChI is InChI=1S/C10H9F3S/c11-10(12,13)9-5-1-3-8(7-9)4-2-6-14/h1-5,7,14H,6H2/b4-2+. The molecule has 0 aliphatic carbocycles. The van der Waals surface area contributed by atoms with Crippen LogP contribution < -0.4 is 0 Å². The lowest BCUT2D eigenvalue weighted by atomic mass is 10.1. The Morgan fingerprint density at radius 1 is 1.29 bits per heavy atom. The Balaban J connectivity index is 2.96. The molecule has 0 spiro atoms. The van der Waals surface area contributed by atoms with Gasteiger partial charge in [-0.1, -0.05) is 24.3 Å². The molecule has 0 aliphatic heterocycles. The number of alkyl halides is 3. The lowest BCUT2D eigenvalue weighted by Crippen LogP contribution is -2.04. The zero-order valence-corrected chi connectivity index (χ0v) is 8.15. The summed E-state index contributed by atoms with van der Waals surface area (Å²) in [7, 11) is 0. The second-order valence-electron chi connectivity index (χ2n) is 2.71. The van der Waals surface area contributed by atoms with Gasteiger partial charge >= 0.3 is 6.18 Å². The molecule has 1 aromatic rings. The third-order valence-electron chi connectivity index (χ3n) is 1.63. The molecule has 76 valence electrons. The van der Waals surface area contributed by atoms with Crippen molar-refractivity contribution < 1.29 is 13.2 Å². The van der Waals surface area contributed by atoms with Gasteiger partial charge in [-0.3, -0.25) is 0 Å². The van der Waals surface area contributed by atoms with Gasteiger partial charge in [0.2, 0.25) is 0 Å². The summed E-state index contributed by atoms with van der Waals surface area (Å²) in [5.41, 5.74) is -0.0901. The molecule has 0 aromatic heterocycles. The summed E-state index contributed by atoms with van der Waals surface area (Å²) < 4.78 is 36.8. The van der Waals surface area contributed by atoms with E-state index in [4.69, 9.17) is 0 Å². The Labute approximate surface area is 85.9 Å². The Morgan fingerprint density at radius 3 is 2.57 bits per heavy atom. The Bertz CT molecular complexity index is 328. The summed E-state index contributed by atoms with van der Waals surface area (Å²) in [4.78, 5) is 0. The largest absolute Gasteiger partial charge is 0.416 e. The first kappa shape index (κ1) is 11.2. The van der Waals surface area contributed by atoms with E-state index in [-0.39, 0.29) is 0 Å². The van der Waals surface area contributed by atoms with E-state index < -0.39 is 11.7 Å². The number of benzene rings is 1. The predicted octanol–water partition coefficient (Wildman–Crippen LogP) is 3.65. The molecule has 0 N–H and O–H groups in total. The minimum Gasteiger partial charge on any atom is -0.175 e. The van der Waals surface area contributed by atoms with Crippen LogP contribution in [0.3, 0.4) is 0 Å². The first-order valence-corrected chi connectivity index (χ1v) is 4.62. The fourth-order valence-electron chi connectivity index (χ4n) is 1.01. The van der Waals surface area contributed by atoms with Crippen LogP contribution in [0.5, 0.6) is 0 Å². The van der Waals surface area contributed by atoms with Crippen LogP contribution in [0.4, 0.5) is 13.2 Å². The van der Waals surface area contributed by atoms with Gasteiger partial charge in [-0.05, 0) is 17.7 Å². The summed E-state index contributed by atoms with van der Waals surface area (Å²) in [6, 6.07) is 5.17. The lowest BCUT2D eigenvalue weighted by molar-refractivity contribution is -0.137. The zero-order valence-electron chi connectivity index (χ0n) is 7.25. The van der Waals surface area contributed by atoms with Gasteiger partial charge in [0.15, 0.2) is 0 Å². The number of hydrogen-bond acceptors (Lipinski definition) is 1. The van der Waals surface area contributed by atoms with Crippen LogP contribution in [0.2, 0.25) is 0 Å². The van der Waals surface area contributed by atoms with Crippen molar-refractivity contribution in [3.63, 3.8) is 0 Å². The predicted molar refractivity (Wildman–Crippen MR) is 54.3 cm³/mol. The molecule has 0 fully saturated rings. The van der Waals surface area contributed by atoms with Gasteiger partial charge < -0.3 is 0 Å². The van der Waals surface area contributed by atoms with Gasteiger partial charge in [-0.15, -0.1) is 0 Å². The number of rotatable bonds is 2. The van der Waals surface area contributed by atoms with Crippen LogP contribution >= 0.6 is 12.6 Å². The van der Waals surface area contributed by atoms with E-state index in [0.29, 0.717) is 11.3 Å². The van der Waals surface area contributed by atoms with Gasteiger partial charge in [0, 0.05) is 5.75 Å². The Hall–Kier alpha value is -0.900. The minimum atomic E-state index is -4.27.